The fraction of sp³-hybridized carbons (Fsp3) is 0.308. The third-order valence-electron chi connectivity index (χ3n) is 5.83. The predicted octanol–water partition coefficient (Wildman–Crippen LogP) is 6.26. The molecule has 0 unspecified atom stereocenters. The number of nitrogens with zero attached hydrogens (tertiary/aromatic N) is 4. The van der Waals surface area contributed by atoms with Crippen LogP contribution in [0.15, 0.2) is 46.2 Å². The lowest BCUT2D eigenvalue weighted by molar-refractivity contribution is 0.415. The van der Waals surface area contributed by atoms with E-state index >= 15 is 0 Å². The lowest BCUT2D eigenvalue weighted by Crippen LogP contribution is -1.89. The first-order valence-corrected chi connectivity index (χ1v) is 13.3. The molecule has 6 nitrogen and oxygen atoms in total. The standard InChI is InChI=1S/2C13H16N2OS/c2*1-8-7-10(5-6-11(8)17-4)12-9(2)13(16)15(3)14-12/h2*5-7,16H,1-4H3. The lowest BCUT2D eigenvalue weighted by Gasteiger charge is -2.05. The van der Waals surface area contributed by atoms with Gasteiger partial charge in [0.1, 0.15) is 0 Å². The molecule has 4 aromatic rings. The highest BCUT2D eigenvalue weighted by Crippen LogP contribution is 2.32. The zero-order valence-corrected chi connectivity index (χ0v) is 22.6. The maximum Gasteiger partial charge on any atom is 0.212 e. The van der Waals surface area contributed by atoms with Crippen LogP contribution in [0.25, 0.3) is 22.5 Å². The molecule has 0 amide bonds. The Bertz CT molecular complexity index is 1220. The van der Waals surface area contributed by atoms with E-state index in [9.17, 15) is 10.2 Å². The van der Waals surface area contributed by atoms with Crippen LogP contribution in [0.1, 0.15) is 22.3 Å². The maximum absolute atomic E-state index is 9.75. The highest BCUT2D eigenvalue weighted by Gasteiger charge is 2.14. The molecular weight excluding hydrogens is 464 g/mol. The number of aryl methyl sites for hydroxylation is 4. The van der Waals surface area contributed by atoms with Crippen LogP contribution in [-0.2, 0) is 14.1 Å². The summed E-state index contributed by atoms with van der Waals surface area (Å²) in [5.41, 5.74) is 7.91. The summed E-state index contributed by atoms with van der Waals surface area (Å²) >= 11 is 3.47. The molecule has 34 heavy (non-hydrogen) atoms. The average molecular weight is 497 g/mol. The molecule has 0 aliphatic rings. The SMILES string of the molecule is CSc1ccc(-c2nn(C)c(O)c2C)cc1C.CSc1ccc(-c2nn(C)c(O)c2C)cc1C. The zero-order chi connectivity index (χ0) is 25.2. The normalized spacial score (nSPS) is 10.8. The van der Waals surface area contributed by atoms with Crippen molar-refractivity contribution in [2.75, 3.05) is 12.5 Å². The lowest BCUT2D eigenvalue weighted by atomic mass is 10.1. The second kappa shape index (κ2) is 10.6. The van der Waals surface area contributed by atoms with Crippen molar-refractivity contribution in [3.63, 3.8) is 0 Å². The molecule has 4 rings (SSSR count). The molecule has 0 atom stereocenters. The van der Waals surface area contributed by atoms with E-state index in [0.717, 1.165) is 33.6 Å². The van der Waals surface area contributed by atoms with Gasteiger partial charge in [0.2, 0.25) is 11.8 Å². The van der Waals surface area contributed by atoms with Gasteiger partial charge < -0.3 is 10.2 Å². The highest BCUT2D eigenvalue weighted by molar-refractivity contribution is 7.98. The number of rotatable bonds is 4. The zero-order valence-electron chi connectivity index (χ0n) is 21.0. The Hall–Kier alpha value is -2.84. The largest absolute Gasteiger partial charge is 0.493 e. The number of aromatic hydroxyl groups is 2. The van der Waals surface area contributed by atoms with E-state index in [0.29, 0.717) is 0 Å². The van der Waals surface area contributed by atoms with Crippen LogP contribution in [-0.4, -0.2) is 42.3 Å². The molecule has 0 bridgehead atoms. The predicted molar refractivity (Wildman–Crippen MR) is 143 cm³/mol. The molecule has 0 saturated heterocycles. The van der Waals surface area contributed by atoms with E-state index in [1.54, 1.807) is 37.6 Å². The first-order valence-electron chi connectivity index (χ1n) is 10.8. The van der Waals surface area contributed by atoms with Crippen molar-refractivity contribution in [2.45, 2.75) is 37.5 Å². The summed E-state index contributed by atoms with van der Waals surface area (Å²) in [6.07, 6.45) is 4.14. The van der Waals surface area contributed by atoms with E-state index < -0.39 is 0 Å². The molecule has 0 spiro atoms. The first kappa shape index (κ1) is 25.8. The Morgan fingerprint density at radius 2 is 1.00 bits per heavy atom. The minimum atomic E-state index is 0.228. The monoisotopic (exact) mass is 496 g/mol. The van der Waals surface area contributed by atoms with Crippen molar-refractivity contribution < 1.29 is 10.2 Å². The van der Waals surface area contributed by atoms with Crippen LogP contribution >= 0.6 is 23.5 Å². The van der Waals surface area contributed by atoms with Gasteiger partial charge in [-0.2, -0.15) is 10.2 Å². The number of hydrogen-bond donors (Lipinski definition) is 2. The Morgan fingerprint density at radius 1 is 0.647 bits per heavy atom. The van der Waals surface area contributed by atoms with Crippen molar-refractivity contribution in [3.8, 4) is 34.3 Å². The summed E-state index contributed by atoms with van der Waals surface area (Å²) < 4.78 is 3.00. The van der Waals surface area contributed by atoms with E-state index in [4.69, 9.17) is 0 Å². The van der Waals surface area contributed by atoms with Gasteiger partial charge in [-0.3, -0.25) is 0 Å². The first-order chi connectivity index (χ1) is 16.1. The molecule has 2 heterocycles. The summed E-state index contributed by atoms with van der Waals surface area (Å²) in [4.78, 5) is 2.54. The molecule has 180 valence electrons. The molecule has 0 saturated carbocycles. The summed E-state index contributed by atoms with van der Waals surface area (Å²) in [6.45, 7) is 7.95. The van der Waals surface area contributed by atoms with Crippen LogP contribution < -0.4 is 0 Å². The molecule has 0 fully saturated rings. The second-order valence-corrected chi connectivity index (χ2v) is 9.91. The van der Waals surface area contributed by atoms with Gasteiger partial charge in [0, 0.05) is 46.1 Å². The number of hydrogen-bond acceptors (Lipinski definition) is 6. The van der Waals surface area contributed by atoms with Gasteiger partial charge in [-0.05, 0) is 75.6 Å². The van der Waals surface area contributed by atoms with Gasteiger partial charge in [0.25, 0.3) is 0 Å². The summed E-state index contributed by atoms with van der Waals surface area (Å²) in [7, 11) is 3.49. The van der Waals surface area contributed by atoms with Crippen LogP contribution in [0, 0.1) is 27.7 Å². The van der Waals surface area contributed by atoms with Gasteiger partial charge in [-0.25, -0.2) is 9.36 Å². The molecule has 2 aromatic carbocycles. The van der Waals surface area contributed by atoms with Crippen molar-refractivity contribution >= 4 is 23.5 Å². The minimum Gasteiger partial charge on any atom is -0.493 e. The Kier molecular flexibility index (Phi) is 8.05. The van der Waals surface area contributed by atoms with Crippen molar-refractivity contribution in [2.24, 2.45) is 14.1 Å². The highest BCUT2D eigenvalue weighted by atomic mass is 32.2. The second-order valence-electron chi connectivity index (χ2n) is 8.21. The third kappa shape index (κ3) is 5.13. The molecule has 0 radical (unpaired) electrons. The Balaban J connectivity index is 0.000000191. The topological polar surface area (TPSA) is 76.1 Å². The summed E-state index contributed by atoms with van der Waals surface area (Å²) in [5, 5.41) is 28.2. The summed E-state index contributed by atoms with van der Waals surface area (Å²) in [6, 6.07) is 12.5. The molecule has 8 heteroatoms. The van der Waals surface area contributed by atoms with Gasteiger partial charge >= 0.3 is 0 Å². The van der Waals surface area contributed by atoms with Crippen LogP contribution in [0.4, 0.5) is 0 Å². The maximum atomic E-state index is 9.75. The van der Waals surface area contributed by atoms with Crippen LogP contribution in [0.3, 0.4) is 0 Å². The molecule has 0 aliphatic carbocycles. The van der Waals surface area contributed by atoms with Crippen molar-refractivity contribution in [3.05, 3.63) is 58.7 Å². The average Bonchev–Trinajstić information content (AvgIpc) is 3.23. The third-order valence-corrected chi connectivity index (χ3v) is 7.63. The van der Waals surface area contributed by atoms with Crippen molar-refractivity contribution in [1.29, 1.82) is 0 Å². The van der Waals surface area contributed by atoms with Gasteiger partial charge in [-0.1, -0.05) is 12.1 Å². The van der Waals surface area contributed by atoms with E-state index in [2.05, 4.69) is 60.8 Å². The summed E-state index contributed by atoms with van der Waals surface area (Å²) in [5.74, 6) is 0.457. The number of aromatic nitrogens is 4. The fourth-order valence-corrected chi connectivity index (χ4v) is 5.01. The van der Waals surface area contributed by atoms with Gasteiger partial charge in [0.15, 0.2) is 0 Å². The number of benzene rings is 2. The van der Waals surface area contributed by atoms with Gasteiger partial charge in [0.05, 0.1) is 11.4 Å². The van der Waals surface area contributed by atoms with E-state index in [-0.39, 0.29) is 11.8 Å². The fourth-order valence-electron chi connectivity index (χ4n) is 3.84. The molecular formula is C26H32N4O2S2. The van der Waals surface area contributed by atoms with Gasteiger partial charge in [-0.15, -0.1) is 23.5 Å². The molecule has 2 N–H and O–H groups in total. The van der Waals surface area contributed by atoms with Crippen molar-refractivity contribution in [1.82, 2.24) is 19.6 Å². The smallest absolute Gasteiger partial charge is 0.212 e. The quantitative estimate of drug-likeness (QED) is 0.325. The van der Waals surface area contributed by atoms with E-state index in [1.807, 2.05) is 26.0 Å². The van der Waals surface area contributed by atoms with Crippen LogP contribution in [0.5, 0.6) is 11.8 Å². The van der Waals surface area contributed by atoms with E-state index in [1.165, 1.54) is 30.3 Å². The number of thioether (sulfide) groups is 2. The Morgan fingerprint density at radius 3 is 1.24 bits per heavy atom. The minimum absolute atomic E-state index is 0.228. The molecule has 0 aliphatic heterocycles. The van der Waals surface area contributed by atoms with Crippen LogP contribution in [0.2, 0.25) is 0 Å². The Labute approximate surface area is 210 Å². The molecule has 2 aromatic heterocycles.